The van der Waals surface area contributed by atoms with Crippen LogP contribution >= 0.6 is 0 Å². The maximum Gasteiger partial charge on any atom is 0.223 e. The fraction of sp³-hybridized carbons (Fsp3) is 0.533. The highest BCUT2D eigenvalue weighted by atomic mass is 16.2. The van der Waals surface area contributed by atoms with Crippen LogP contribution in [0, 0.1) is 6.92 Å². The molecule has 1 aromatic rings. The van der Waals surface area contributed by atoms with E-state index in [1.807, 2.05) is 4.90 Å². The lowest BCUT2D eigenvalue weighted by Crippen LogP contribution is -2.42. The predicted molar refractivity (Wildman–Crippen MR) is 78.1 cm³/mol. The normalized spacial score (nSPS) is 16.4. The average molecular weight is 261 g/mol. The first-order valence-corrected chi connectivity index (χ1v) is 7.00. The second-order valence-electron chi connectivity index (χ2n) is 5.21. The van der Waals surface area contributed by atoms with Crippen LogP contribution in [0.3, 0.4) is 0 Å². The first-order chi connectivity index (χ1) is 9.19. The van der Waals surface area contributed by atoms with Crippen LogP contribution in [0.2, 0.25) is 0 Å². The number of piperidine rings is 1. The van der Waals surface area contributed by atoms with Crippen LogP contribution < -0.4 is 11.1 Å². The summed E-state index contributed by atoms with van der Waals surface area (Å²) in [6.45, 7) is 4.21. The maximum absolute atomic E-state index is 11.7. The Labute approximate surface area is 115 Å². The Kier molecular flexibility index (Phi) is 4.80. The van der Waals surface area contributed by atoms with E-state index >= 15 is 0 Å². The molecule has 4 heteroatoms. The van der Waals surface area contributed by atoms with Crippen molar-refractivity contribution in [1.29, 1.82) is 0 Å². The van der Waals surface area contributed by atoms with Crippen molar-refractivity contribution in [3.05, 3.63) is 29.8 Å². The zero-order valence-corrected chi connectivity index (χ0v) is 11.6. The molecule has 19 heavy (non-hydrogen) atoms. The minimum absolute atomic E-state index is 0.191. The predicted octanol–water partition coefficient (Wildman–Crippen LogP) is 1.75. The molecule has 1 heterocycles. The standard InChI is InChI=1S/C15H23N3O/c1-12-3-2-4-14(11-12)17-13-6-9-18(10-7-13)15(19)5-8-16/h2-4,11,13,17H,5-10,16H2,1H3. The smallest absolute Gasteiger partial charge is 0.223 e. The van der Waals surface area contributed by atoms with Gasteiger partial charge in [-0.3, -0.25) is 4.79 Å². The van der Waals surface area contributed by atoms with E-state index in [2.05, 4.69) is 36.5 Å². The molecule has 1 fully saturated rings. The number of carbonyl (C=O) groups excluding carboxylic acids is 1. The van der Waals surface area contributed by atoms with Gasteiger partial charge >= 0.3 is 0 Å². The van der Waals surface area contributed by atoms with Crippen LogP contribution in [-0.4, -0.2) is 36.5 Å². The molecule has 0 spiro atoms. The summed E-state index contributed by atoms with van der Waals surface area (Å²) in [6.07, 6.45) is 2.48. The van der Waals surface area contributed by atoms with Crippen molar-refractivity contribution in [3.63, 3.8) is 0 Å². The Morgan fingerprint density at radius 2 is 2.16 bits per heavy atom. The molecular formula is C15H23N3O. The zero-order valence-electron chi connectivity index (χ0n) is 11.6. The number of carbonyl (C=O) groups is 1. The lowest BCUT2D eigenvalue weighted by Gasteiger charge is -2.33. The Bertz CT molecular complexity index is 425. The van der Waals surface area contributed by atoms with Crippen LogP contribution in [0.5, 0.6) is 0 Å². The second kappa shape index (κ2) is 6.57. The molecule has 1 aliphatic heterocycles. The first-order valence-electron chi connectivity index (χ1n) is 7.00. The van der Waals surface area contributed by atoms with Crippen molar-refractivity contribution in [2.45, 2.75) is 32.2 Å². The van der Waals surface area contributed by atoms with Crippen molar-refractivity contribution >= 4 is 11.6 Å². The van der Waals surface area contributed by atoms with Gasteiger partial charge in [0.15, 0.2) is 0 Å². The van der Waals surface area contributed by atoms with Crippen LogP contribution in [0.25, 0.3) is 0 Å². The van der Waals surface area contributed by atoms with Crippen LogP contribution in [0.1, 0.15) is 24.8 Å². The number of nitrogens with two attached hydrogens (primary N) is 1. The van der Waals surface area contributed by atoms with Crippen molar-refractivity contribution in [3.8, 4) is 0 Å². The van der Waals surface area contributed by atoms with E-state index in [1.54, 1.807) is 0 Å². The van der Waals surface area contributed by atoms with Gasteiger partial charge in [0.2, 0.25) is 5.91 Å². The van der Waals surface area contributed by atoms with E-state index < -0.39 is 0 Å². The molecule has 104 valence electrons. The number of nitrogens with one attached hydrogen (secondary N) is 1. The average Bonchev–Trinajstić information content (AvgIpc) is 2.40. The highest BCUT2D eigenvalue weighted by Gasteiger charge is 2.21. The highest BCUT2D eigenvalue weighted by Crippen LogP contribution is 2.17. The topological polar surface area (TPSA) is 58.4 Å². The summed E-state index contributed by atoms with van der Waals surface area (Å²) in [7, 11) is 0. The van der Waals surface area contributed by atoms with E-state index in [1.165, 1.54) is 11.3 Å². The molecule has 0 radical (unpaired) electrons. The van der Waals surface area contributed by atoms with Crippen LogP contribution in [0.15, 0.2) is 24.3 Å². The maximum atomic E-state index is 11.7. The highest BCUT2D eigenvalue weighted by molar-refractivity contribution is 5.76. The van der Waals surface area contributed by atoms with Gasteiger partial charge in [-0.15, -0.1) is 0 Å². The molecule has 1 aromatic carbocycles. The summed E-state index contributed by atoms with van der Waals surface area (Å²) in [5.41, 5.74) is 7.86. The SMILES string of the molecule is Cc1cccc(NC2CCN(C(=O)CCN)CC2)c1. The van der Waals surface area contributed by atoms with Crippen LogP contribution in [-0.2, 0) is 4.79 Å². The van der Waals surface area contributed by atoms with E-state index in [0.717, 1.165) is 25.9 Å². The Hall–Kier alpha value is -1.55. The Morgan fingerprint density at radius 1 is 1.42 bits per heavy atom. The van der Waals surface area contributed by atoms with Gasteiger partial charge in [0, 0.05) is 37.8 Å². The zero-order chi connectivity index (χ0) is 13.7. The molecule has 1 amide bonds. The van der Waals surface area contributed by atoms with E-state index in [-0.39, 0.29) is 5.91 Å². The molecule has 0 aliphatic carbocycles. The summed E-state index contributed by atoms with van der Waals surface area (Å²) in [4.78, 5) is 13.7. The van der Waals surface area contributed by atoms with Gasteiger partial charge in [-0.1, -0.05) is 12.1 Å². The molecule has 3 N–H and O–H groups in total. The van der Waals surface area contributed by atoms with Gasteiger partial charge in [0.05, 0.1) is 0 Å². The summed E-state index contributed by atoms with van der Waals surface area (Å²) < 4.78 is 0. The fourth-order valence-electron chi connectivity index (χ4n) is 2.53. The fourth-order valence-corrected chi connectivity index (χ4v) is 2.53. The number of amides is 1. The second-order valence-corrected chi connectivity index (χ2v) is 5.21. The summed E-state index contributed by atoms with van der Waals surface area (Å²) in [5, 5.41) is 3.55. The van der Waals surface area contributed by atoms with Crippen molar-refractivity contribution in [1.82, 2.24) is 4.90 Å². The third-order valence-electron chi connectivity index (χ3n) is 3.59. The molecule has 0 bridgehead atoms. The molecule has 0 saturated carbocycles. The van der Waals surface area contributed by atoms with Crippen LogP contribution in [0.4, 0.5) is 5.69 Å². The minimum Gasteiger partial charge on any atom is -0.382 e. The molecule has 4 nitrogen and oxygen atoms in total. The number of likely N-dealkylation sites (tertiary alicyclic amines) is 1. The van der Waals surface area contributed by atoms with E-state index in [0.29, 0.717) is 19.0 Å². The quantitative estimate of drug-likeness (QED) is 0.868. The van der Waals surface area contributed by atoms with Gasteiger partial charge in [0.1, 0.15) is 0 Å². The molecule has 0 atom stereocenters. The number of rotatable bonds is 4. The largest absolute Gasteiger partial charge is 0.382 e. The summed E-state index contributed by atoms with van der Waals surface area (Å²) in [5.74, 6) is 0.191. The number of nitrogens with zero attached hydrogens (tertiary/aromatic N) is 1. The van der Waals surface area contributed by atoms with Gasteiger partial charge in [-0.25, -0.2) is 0 Å². The lowest BCUT2D eigenvalue weighted by molar-refractivity contribution is -0.131. The lowest BCUT2D eigenvalue weighted by atomic mass is 10.0. The van der Waals surface area contributed by atoms with Crippen molar-refractivity contribution < 1.29 is 4.79 Å². The molecule has 0 unspecified atom stereocenters. The molecule has 1 aliphatic rings. The number of hydrogen-bond donors (Lipinski definition) is 2. The molecule has 1 saturated heterocycles. The third-order valence-corrected chi connectivity index (χ3v) is 3.59. The molecule has 0 aromatic heterocycles. The third kappa shape index (κ3) is 3.96. The number of aryl methyl sites for hydroxylation is 1. The Balaban J connectivity index is 1.82. The number of anilines is 1. The molecular weight excluding hydrogens is 238 g/mol. The van der Waals surface area contributed by atoms with Gasteiger partial charge in [-0.2, -0.15) is 0 Å². The van der Waals surface area contributed by atoms with E-state index in [9.17, 15) is 4.79 Å². The number of hydrogen-bond acceptors (Lipinski definition) is 3. The minimum atomic E-state index is 0.191. The van der Waals surface area contributed by atoms with Crippen molar-refractivity contribution in [2.24, 2.45) is 5.73 Å². The number of benzene rings is 1. The molecule has 2 rings (SSSR count). The van der Waals surface area contributed by atoms with E-state index in [4.69, 9.17) is 5.73 Å². The monoisotopic (exact) mass is 261 g/mol. The summed E-state index contributed by atoms with van der Waals surface area (Å²) in [6, 6.07) is 8.88. The van der Waals surface area contributed by atoms with Gasteiger partial charge in [0.25, 0.3) is 0 Å². The summed E-state index contributed by atoms with van der Waals surface area (Å²) >= 11 is 0. The van der Waals surface area contributed by atoms with Gasteiger partial charge < -0.3 is 16.0 Å². The Morgan fingerprint density at radius 3 is 2.79 bits per heavy atom. The van der Waals surface area contributed by atoms with Crippen molar-refractivity contribution in [2.75, 3.05) is 25.0 Å². The van der Waals surface area contributed by atoms with Gasteiger partial charge in [-0.05, 0) is 37.5 Å². The first kappa shape index (κ1) is 13.9.